The molecule has 2 N–H and O–H groups in total. The zero-order valence-corrected chi connectivity index (χ0v) is 23.4. The Labute approximate surface area is 213 Å². The molecule has 0 radical (unpaired) electrons. The minimum Gasteiger partial charge on any atom is -0.756 e. The van der Waals surface area contributed by atoms with Crippen molar-refractivity contribution in [3.05, 3.63) is 36.5 Å². The Morgan fingerprint density at radius 2 is 1.60 bits per heavy atom. The van der Waals surface area contributed by atoms with E-state index in [2.05, 4.69) is 36.5 Å². The van der Waals surface area contributed by atoms with E-state index in [1.807, 2.05) is 34.1 Å². The second kappa shape index (κ2) is 19.9. The van der Waals surface area contributed by atoms with Crippen LogP contribution in [0.4, 0.5) is 0 Å². The van der Waals surface area contributed by atoms with Crippen molar-refractivity contribution in [3.63, 3.8) is 0 Å². The van der Waals surface area contributed by atoms with E-state index in [0.29, 0.717) is 17.4 Å². The molecule has 35 heavy (non-hydrogen) atoms. The number of nitrogens with zero attached hydrogens (tertiary/aromatic N) is 1. The second-order valence-electron chi connectivity index (χ2n) is 9.65. The van der Waals surface area contributed by atoms with E-state index in [-0.39, 0.29) is 12.5 Å². The number of rotatable bonds is 21. The Morgan fingerprint density at radius 3 is 2.17 bits per heavy atom. The molecule has 0 saturated carbocycles. The average Bonchev–Trinajstić information content (AvgIpc) is 2.76. The van der Waals surface area contributed by atoms with Gasteiger partial charge < -0.3 is 28.8 Å². The smallest absolute Gasteiger partial charge is 0.268 e. The first-order valence-corrected chi connectivity index (χ1v) is 14.3. The van der Waals surface area contributed by atoms with Crippen LogP contribution in [0.3, 0.4) is 0 Å². The minimum atomic E-state index is -4.56. The Kier molecular flexibility index (Phi) is 19.1. The molecule has 3 unspecified atom stereocenters. The van der Waals surface area contributed by atoms with E-state index in [9.17, 15) is 19.4 Å². The van der Waals surface area contributed by atoms with Gasteiger partial charge in [-0.2, -0.15) is 0 Å². The molecule has 9 heteroatoms. The van der Waals surface area contributed by atoms with Gasteiger partial charge in [0.25, 0.3) is 7.82 Å². The number of nitrogens with one attached hydrogen (secondary N) is 1. The number of aliphatic hydroxyl groups excluding tert-OH is 1. The number of hydrogen-bond acceptors (Lipinski definition) is 6. The standard InChI is InChI=1S/C26H49N2O6P/c1-6-8-10-11-12-13-14-15-16-18-19-25(29)24(27-26(30)20-17-9-7-2)23-34-35(31,32)33-22-21-28(3,4)5/h8,10,13-14,18-19,24-25,29H,6-7,9,11-12,15-17,20-23H2,1-5H3,(H-,27,30,31,32)/b10-8+,14-13+,19-18+. The van der Waals surface area contributed by atoms with E-state index in [4.69, 9.17) is 9.05 Å². The van der Waals surface area contributed by atoms with Crippen LogP contribution >= 0.6 is 7.82 Å². The highest BCUT2D eigenvalue weighted by molar-refractivity contribution is 7.45. The lowest BCUT2D eigenvalue weighted by atomic mass is 10.1. The predicted octanol–water partition coefficient (Wildman–Crippen LogP) is 4.26. The summed E-state index contributed by atoms with van der Waals surface area (Å²) in [7, 11) is 1.22. The topological polar surface area (TPSA) is 108 Å². The van der Waals surface area contributed by atoms with Crippen molar-refractivity contribution in [2.45, 2.75) is 83.8 Å². The highest BCUT2D eigenvalue weighted by Crippen LogP contribution is 2.38. The zero-order valence-electron chi connectivity index (χ0n) is 22.5. The SMILES string of the molecule is CC/C=C/CC/C=C/CC/C=C/C(O)C(COP(=O)([O-])OCC[N+](C)(C)C)NC(=O)CCCCC. The lowest BCUT2D eigenvalue weighted by Crippen LogP contribution is -2.45. The monoisotopic (exact) mass is 516 g/mol. The molecule has 0 spiro atoms. The van der Waals surface area contributed by atoms with Gasteiger partial charge in [0.1, 0.15) is 13.2 Å². The van der Waals surface area contributed by atoms with Crippen LogP contribution in [-0.4, -0.2) is 68.5 Å². The number of carbonyl (C=O) groups is 1. The normalized spacial score (nSPS) is 16.2. The molecule has 0 saturated heterocycles. The molecule has 0 aliphatic carbocycles. The Bertz CT molecular complexity index is 688. The number of hydrogen-bond donors (Lipinski definition) is 2. The fraction of sp³-hybridized carbons (Fsp3) is 0.731. The number of likely N-dealkylation sites (N-methyl/N-ethyl adjacent to an activating group) is 1. The first-order valence-electron chi connectivity index (χ1n) is 12.9. The van der Waals surface area contributed by atoms with Gasteiger partial charge in [-0.3, -0.25) is 9.36 Å². The summed E-state index contributed by atoms with van der Waals surface area (Å²) in [6, 6.07) is -0.898. The molecule has 204 valence electrons. The molecule has 0 rings (SSSR count). The number of allylic oxidation sites excluding steroid dienone is 5. The maximum Gasteiger partial charge on any atom is 0.268 e. The van der Waals surface area contributed by atoms with E-state index in [0.717, 1.165) is 51.4 Å². The van der Waals surface area contributed by atoms with Gasteiger partial charge >= 0.3 is 0 Å². The van der Waals surface area contributed by atoms with Crippen LogP contribution < -0.4 is 10.2 Å². The molecule has 0 aliphatic rings. The van der Waals surface area contributed by atoms with Crippen LogP contribution in [0.25, 0.3) is 0 Å². The fourth-order valence-corrected chi connectivity index (χ4v) is 3.67. The fourth-order valence-electron chi connectivity index (χ4n) is 2.95. The van der Waals surface area contributed by atoms with Crippen molar-refractivity contribution < 1.29 is 32.9 Å². The number of unbranched alkanes of at least 4 members (excludes halogenated alkanes) is 4. The van der Waals surface area contributed by atoms with E-state index >= 15 is 0 Å². The molecule has 0 aromatic rings. The van der Waals surface area contributed by atoms with Gasteiger partial charge in [-0.05, 0) is 38.5 Å². The maximum atomic E-state index is 12.3. The number of amides is 1. The van der Waals surface area contributed by atoms with Gasteiger partial charge in [0.2, 0.25) is 5.91 Å². The summed E-state index contributed by atoms with van der Waals surface area (Å²) in [5, 5.41) is 13.3. The summed E-state index contributed by atoms with van der Waals surface area (Å²) in [6.07, 6.45) is 18.5. The molecule has 0 bridgehead atoms. The Hall–Kier alpha value is -1.28. The average molecular weight is 517 g/mol. The maximum absolute atomic E-state index is 12.3. The molecule has 0 aromatic carbocycles. The van der Waals surface area contributed by atoms with E-state index in [1.54, 1.807) is 6.08 Å². The summed E-state index contributed by atoms with van der Waals surface area (Å²) in [5.74, 6) is -0.244. The summed E-state index contributed by atoms with van der Waals surface area (Å²) in [5.41, 5.74) is 0. The summed E-state index contributed by atoms with van der Waals surface area (Å²) in [6.45, 7) is 4.24. The third-order valence-corrected chi connectivity index (χ3v) is 6.06. The Morgan fingerprint density at radius 1 is 1.00 bits per heavy atom. The van der Waals surface area contributed by atoms with Gasteiger partial charge in [0.15, 0.2) is 0 Å². The van der Waals surface area contributed by atoms with Gasteiger partial charge in [-0.15, -0.1) is 0 Å². The number of phosphoric ester groups is 1. The highest BCUT2D eigenvalue weighted by atomic mass is 31.2. The van der Waals surface area contributed by atoms with E-state index < -0.39 is 26.6 Å². The summed E-state index contributed by atoms with van der Waals surface area (Å²) >= 11 is 0. The molecule has 1 amide bonds. The van der Waals surface area contributed by atoms with Crippen LogP contribution in [0, 0.1) is 0 Å². The van der Waals surface area contributed by atoms with Crippen LogP contribution in [0.15, 0.2) is 36.5 Å². The van der Waals surface area contributed by atoms with Gasteiger partial charge in [-0.25, -0.2) is 0 Å². The Balaban J connectivity index is 4.77. The first-order chi connectivity index (χ1) is 16.5. The third kappa shape index (κ3) is 21.7. The van der Waals surface area contributed by atoms with Crippen molar-refractivity contribution >= 4 is 13.7 Å². The predicted molar refractivity (Wildman–Crippen MR) is 141 cm³/mol. The third-order valence-electron chi connectivity index (χ3n) is 5.09. The number of quaternary nitrogens is 1. The first kappa shape index (κ1) is 33.7. The second-order valence-corrected chi connectivity index (χ2v) is 11.1. The largest absolute Gasteiger partial charge is 0.756 e. The summed E-state index contributed by atoms with van der Waals surface area (Å²) < 4.78 is 22.6. The van der Waals surface area contributed by atoms with Crippen LogP contribution in [-0.2, 0) is 18.4 Å². The van der Waals surface area contributed by atoms with Crippen molar-refractivity contribution in [1.82, 2.24) is 5.32 Å². The van der Waals surface area contributed by atoms with Gasteiger partial charge in [0.05, 0.1) is 39.9 Å². The van der Waals surface area contributed by atoms with Gasteiger partial charge in [0, 0.05) is 6.42 Å². The number of aliphatic hydroxyl groups is 1. The van der Waals surface area contributed by atoms with Crippen molar-refractivity contribution in [2.75, 3.05) is 40.9 Å². The lowest BCUT2D eigenvalue weighted by molar-refractivity contribution is -0.870. The van der Waals surface area contributed by atoms with Crippen LogP contribution in [0.5, 0.6) is 0 Å². The van der Waals surface area contributed by atoms with Crippen LogP contribution in [0.2, 0.25) is 0 Å². The quantitative estimate of drug-likeness (QED) is 0.102. The molecule has 0 heterocycles. The molecule has 3 atom stereocenters. The lowest BCUT2D eigenvalue weighted by Gasteiger charge is -2.29. The molecule has 8 nitrogen and oxygen atoms in total. The number of phosphoric acid groups is 1. The zero-order chi connectivity index (χ0) is 26.6. The molecule has 0 fully saturated rings. The van der Waals surface area contributed by atoms with Crippen LogP contribution in [0.1, 0.15) is 71.6 Å². The summed E-state index contributed by atoms with van der Waals surface area (Å²) in [4.78, 5) is 24.4. The van der Waals surface area contributed by atoms with Crippen molar-refractivity contribution in [3.8, 4) is 0 Å². The number of carbonyl (C=O) groups excluding carboxylic acids is 1. The molecule has 0 aliphatic heterocycles. The van der Waals surface area contributed by atoms with Crippen molar-refractivity contribution in [1.29, 1.82) is 0 Å². The molecular formula is C26H49N2O6P. The van der Waals surface area contributed by atoms with E-state index in [1.165, 1.54) is 0 Å². The molecular weight excluding hydrogens is 467 g/mol. The van der Waals surface area contributed by atoms with Gasteiger partial charge in [-0.1, -0.05) is 63.1 Å². The highest BCUT2D eigenvalue weighted by Gasteiger charge is 2.23. The van der Waals surface area contributed by atoms with Crippen molar-refractivity contribution in [2.24, 2.45) is 0 Å². The molecule has 0 aromatic heterocycles. The minimum absolute atomic E-state index is 0.0107.